The minimum atomic E-state index is -1.25. The highest BCUT2D eigenvalue weighted by Gasteiger charge is 2.32. The van der Waals surface area contributed by atoms with Crippen molar-refractivity contribution >= 4 is 23.6 Å². The summed E-state index contributed by atoms with van der Waals surface area (Å²) in [6.07, 6.45) is 0.00551. The van der Waals surface area contributed by atoms with Gasteiger partial charge in [-0.1, -0.05) is 24.3 Å². The lowest BCUT2D eigenvalue weighted by Crippen LogP contribution is -2.52. The molecule has 3 amide bonds. The quantitative estimate of drug-likeness (QED) is 0.616. The molecule has 0 fully saturated rings. The van der Waals surface area contributed by atoms with Crippen molar-refractivity contribution in [1.29, 1.82) is 0 Å². The molecular weight excluding hydrogens is 338 g/mol. The summed E-state index contributed by atoms with van der Waals surface area (Å²) in [5.74, 6) is -2.05. The van der Waals surface area contributed by atoms with Gasteiger partial charge in [-0.25, -0.2) is 9.59 Å². The Balaban J connectivity index is 2.54. The number of rotatable bonds is 6. The zero-order valence-corrected chi connectivity index (χ0v) is 14.0. The SMILES string of the molecule is Cc1cccc(N(C(N)=O)[C@@H](Cc2ccc(O)cc2)C(N)=O)c1C(=O)O. The van der Waals surface area contributed by atoms with Gasteiger partial charge in [0.05, 0.1) is 11.3 Å². The zero-order chi connectivity index (χ0) is 19.4. The van der Waals surface area contributed by atoms with Gasteiger partial charge >= 0.3 is 12.0 Å². The van der Waals surface area contributed by atoms with Crippen molar-refractivity contribution in [2.75, 3.05) is 4.90 Å². The van der Waals surface area contributed by atoms with Gasteiger partial charge in [-0.2, -0.15) is 0 Å². The van der Waals surface area contributed by atoms with Crippen LogP contribution in [0, 0.1) is 6.92 Å². The molecule has 1 atom stereocenters. The first-order chi connectivity index (χ1) is 12.2. The second-order valence-electron chi connectivity index (χ2n) is 5.77. The molecule has 0 aliphatic carbocycles. The molecule has 0 unspecified atom stereocenters. The number of carbonyl (C=O) groups is 3. The Hall–Kier alpha value is -3.55. The van der Waals surface area contributed by atoms with Crippen LogP contribution in [0.4, 0.5) is 10.5 Å². The summed E-state index contributed by atoms with van der Waals surface area (Å²) in [4.78, 5) is 36.6. The first-order valence-corrected chi connectivity index (χ1v) is 7.71. The van der Waals surface area contributed by atoms with Gasteiger partial charge in [0.1, 0.15) is 11.8 Å². The van der Waals surface area contributed by atoms with Crippen molar-refractivity contribution in [3.8, 4) is 5.75 Å². The number of primary amides is 2. The summed E-state index contributed by atoms with van der Waals surface area (Å²) in [6.45, 7) is 1.57. The number of carbonyl (C=O) groups excluding carboxylic acids is 2. The van der Waals surface area contributed by atoms with Gasteiger partial charge in [0, 0.05) is 6.42 Å². The van der Waals surface area contributed by atoms with Crippen LogP contribution in [0.2, 0.25) is 0 Å². The fraction of sp³-hybridized carbons (Fsp3) is 0.167. The van der Waals surface area contributed by atoms with Crippen LogP contribution in [0.25, 0.3) is 0 Å². The van der Waals surface area contributed by atoms with E-state index in [0.29, 0.717) is 11.1 Å². The summed E-state index contributed by atoms with van der Waals surface area (Å²) >= 11 is 0. The summed E-state index contributed by atoms with van der Waals surface area (Å²) in [5, 5.41) is 18.9. The number of aryl methyl sites for hydroxylation is 1. The van der Waals surface area contributed by atoms with Gasteiger partial charge < -0.3 is 21.7 Å². The average Bonchev–Trinajstić information content (AvgIpc) is 2.55. The van der Waals surface area contributed by atoms with Crippen LogP contribution in [0.5, 0.6) is 5.75 Å². The Kier molecular flexibility index (Phi) is 5.46. The molecule has 136 valence electrons. The molecule has 2 aromatic rings. The zero-order valence-electron chi connectivity index (χ0n) is 14.0. The second-order valence-corrected chi connectivity index (χ2v) is 5.77. The number of anilines is 1. The maximum atomic E-state index is 12.1. The summed E-state index contributed by atoms with van der Waals surface area (Å²) in [6, 6.07) is 8.33. The summed E-state index contributed by atoms with van der Waals surface area (Å²) in [7, 11) is 0. The largest absolute Gasteiger partial charge is 0.508 e. The smallest absolute Gasteiger partial charge is 0.338 e. The summed E-state index contributed by atoms with van der Waals surface area (Å²) < 4.78 is 0. The third-order valence-electron chi connectivity index (χ3n) is 3.97. The Morgan fingerprint density at radius 3 is 2.19 bits per heavy atom. The molecule has 26 heavy (non-hydrogen) atoms. The van der Waals surface area contributed by atoms with Crippen molar-refractivity contribution in [1.82, 2.24) is 0 Å². The molecule has 0 saturated heterocycles. The van der Waals surface area contributed by atoms with Gasteiger partial charge in [-0.05, 0) is 36.2 Å². The molecule has 2 aromatic carbocycles. The Labute approximate surface area is 149 Å². The van der Waals surface area contributed by atoms with E-state index in [1.54, 1.807) is 31.2 Å². The number of carboxylic acid groups (broad SMARTS) is 1. The topological polar surface area (TPSA) is 147 Å². The minimum absolute atomic E-state index is 0.00551. The fourth-order valence-corrected chi connectivity index (χ4v) is 2.75. The van der Waals surface area contributed by atoms with E-state index in [4.69, 9.17) is 11.5 Å². The van der Waals surface area contributed by atoms with Crippen molar-refractivity contribution in [2.24, 2.45) is 11.5 Å². The van der Waals surface area contributed by atoms with Crippen molar-refractivity contribution in [3.63, 3.8) is 0 Å². The highest BCUT2D eigenvalue weighted by Crippen LogP contribution is 2.27. The molecule has 0 aliphatic rings. The average molecular weight is 357 g/mol. The number of phenols is 1. The number of amides is 3. The lowest BCUT2D eigenvalue weighted by molar-refractivity contribution is -0.119. The molecule has 6 N–H and O–H groups in total. The lowest BCUT2D eigenvalue weighted by atomic mass is 10.0. The van der Waals surface area contributed by atoms with E-state index in [9.17, 15) is 24.6 Å². The molecule has 0 heterocycles. The van der Waals surface area contributed by atoms with Crippen molar-refractivity contribution < 1.29 is 24.6 Å². The molecule has 8 nitrogen and oxygen atoms in total. The predicted octanol–water partition coefficient (Wildman–Crippen LogP) is 1.38. The number of hydrogen-bond acceptors (Lipinski definition) is 4. The van der Waals surface area contributed by atoms with E-state index in [1.807, 2.05) is 0 Å². The number of benzene rings is 2. The number of nitrogens with zero attached hydrogens (tertiary/aromatic N) is 1. The van der Waals surface area contributed by atoms with Crippen molar-refractivity contribution in [3.05, 3.63) is 59.2 Å². The van der Waals surface area contributed by atoms with E-state index >= 15 is 0 Å². The van der Waals surface area contributed by atoms with Crippen molar-refractivity contribution in [2.45, 2.75) is 19.4 Å². The highest BCUT2D eigenvalue weighted by atomic mass is 16.4. The van der Waals surface area contributed by atoms with Crippen LogP contribution >= 0.6 is 0 Å². The minimum Gasteiger partial charge on any atom is -0.508 e. The Bertz CT molecular complexity index is 848. The number of aromatic hydroxyl groups is 1. The van der Waals surface area contributed by atoms with Crippen LogP contribution in [-0.4, -0.2) is 34.2 Å². The third-order valence-corrected chi connectivity index (χ3v) is 3.97. The molecule has 0 aromatic heterocycles. The summed E-state index contributed by atoms with van der Waals surface area (Å²) in [5.41, 5.74) is 11.8. The Morgan fingerprint density at radius 2 is 1.69 bits per heavy atom. The molecule has 0 radical (unpaired) electrons. The van der Waals surface area contributed by atoms with E-state index in [2.05, 4.69) is 0 Å². The number of nitrogens with two attached hydrogens (primary N) is 2. The van der Waals surface area contributed by atoms with Gasteiger partial charge in [-0.15, -0.1) is 0 Å². The first-order valence-electron chi connectivity index (χ1n) is 7.71. The van der Waals surface area contributed by atoms with Gasteiger partial charge in [0.25, 0.3) is 0 Å². The van der Waals surface area contributed by atoms with Crippen LogP contribution in [0.1, 0.15) is 21.5 Å². The van der Waals surface area contributed by atoms with E-state index in [0.717, 1.165) is 4.90 Å². The molecule has 0 saturated carbocycles. The Morgan fingerprint density at radius 1 is 1.08 bits per heavy atom. The number of urea groups is 1. The third kappa shape index (κ3) is 3.92. The van der Waals surface area contributed by atoms with E-state index in [1.165, 1.54) is 18.2 Å². The predicted molar refractivity (Wildman–Crippen MR) is 95.0 cm³/mol. The standard InChI is InChI=1S/C18H19N3O5/c1-10-3-2-4-13(15(10)17(24)25)21(18(20)26)14(16(19)23)9-11-5-7-12(22)8-6-11/h2-8,14,22H,9H2,1H3,(H2,19,23)(H2,20,26)(H,24,25)/t14-/m0/s1. The van der Waals surface area contributed by atoms with Gasteiger partial charge in [0.15, 0.2) is 0 Å². The van der Waals surface area contributed by atoms with Crippen LogP contribution in [0.15, 0.2) is 42.5 Å². The fourth-order valence-electron chi connectivity index (χ4n) is 2.75. The van der Waals surface area contributed by atoms with Crippen LogP contribution in [0.3, 0.4) is 0 Å². The monoisotopic (exact) mass is 357 g/mol. The maximum absolute atomic E-state index is 12.1. The first kappa shape index (κ1) is 18.8. The van der Waals surface area contributed by atoms with Crippen LogP contribution in [-0.2, 0) is 11.2 Å². The normalized spacial score (nSPS) is 11.6. The second kappa shape index (κ2) is 7.56. The highest BCUT2D eigenvalue weighted by molar-refractivity contribution is 6.05. The number of carboxylic acids is 1. The molecule has 0 aliphatic heterocycles. The number of hydrogen-bond donors (Lipinski definition) is 4. The molecular formula is C18H19N3O5. The van der Waals surface area contributed by atoms with Gasteiger partial charge in [0.2, 0.25) is 5.91 Å². The number of aromatic carboxylic acids is 1. The van der Waals surface area contributed by atoms with Crippen LogP contribution < -0.4 is 16.4 Å². The molecule has 8 heteroatoms. The molecule has 0 bridgehead atoms. The van der Waals surface area contributed by atoms with Gasteiger partial charge in [-0.3, -0.25) is 9.69 Å². The van der Waals surface area contributed by atoms with E-state index < -0.39 is 23.9 Å². The molecule has 0 spiro atoms. The lowest BCUT2D eigenvalue weighted by Gasteiger charge is -2.29. The van der Waals surface area contributed by atoms with E-state index in [-0.39, 0.29) is 23.4 Å². The molecule has 2 rings (SSSR count). The number of phenolic OH excluding ortho intramolecular Hbond substituents is 1. The maximum Gasteiger partial charge on any atom is 0.338 e.